The van der Waals surface area contributed by atoms with Gasteiger partial charge in [-0.05, 0) is 25.0 Å². The highest BCUT2D eigenvalue weighted by atomic mass is 16.7. The minimum atomic E-state index is 0.267. The molecule has 1 aliphatic heterocycles. The van der Waals surface area contributed by atoms with Gasteiger partial charge in [-0.3, -0.25) is 0 Å². The fourth-order valence-corrected chi connectivity index (χ4v) is 2.76. The Bertz CT molecular complexity index is 635. The molecule has 0 saturated carbocycles. The predicted octanol–water partition coefficient (Wildman–Crippen LogP) is 2.36. The third kappa shape index (κ3) is 2.35. The van der Waals surface area contributed by atoms with Gasteiger partial charge in [0, 0.05) is 18.5 Å². The van der Waals surface area contributed by atoms with Gasteiger partial charge in [-0.1, -0.05) is 19.1 Å². The van der Waals surface area contributed by atoms with E-state index < -0.39 is 0 Å². The van der Waals surface area contributed by atoms with E-state index in [2.05, 4.69) is 24.2 Å². The standard InChI is InChI=1S/C15H20N4O2/c1-3-10(4-2)15-12(8-16)17-18-19(15)11-5-6-13-14(7-11)21-9-20-13/h5-7,10H,3-4,8-9,16H2,1-2H3. The molecule has 6 heteroatoms. The molecule has 21 heavy (non-hydrogen) atoms. The Kier molecular flexibility index (Phi) is 3.79. The van der Waals surface area contributed by atoms with Crippen LogP contribution in [0.3, 0.4) is 0 Å². The number of fused-ring (bicyclic) bond motifs is 1. The molecule has 112 valence electrons. The Morgan fingerprint density at radius 3 is 2.71 bits per heavy atom. The number of hydrogen-bond acceptors (Lipinski definition) is 5. The Labute approximate surface area is 123 Å². The number of ether oxygens (including phenoxy) is 2. The van der Waals surface area contributed by atoms with Gasteiger partial charge in [0.2, 0.25) is 6.79 Å². The lowest BCUT2D eigenvalue weighted by atomic mass is 9.97. The molecule has 0 amide bonds. The van der Waals surface area contributed by atoms with Gasteiger partial charge >= 0.3 is 0 Å². The van der Waals surface area contributed by atoms with Crippen molar-refractivity contribution in [3.8, 4) is 17.2 Å². The minimum absolute atomic E-state index is 0.267. The molecule has 0 spiro atoms. The zero-order valence-corrected chi connectivity index (χ0v) is 12.4. The van der Waals surface area contributed by atoms with Gasteiger partial charge in [-0.15, -0.1) is 5.10 Å². The second-order valence-corrected chi connectivity index (χ2v) is 5.09. The van der Waals surface area contributed by atoms with Crippen LogP contribution in [0, 0.1) is 0 Å². The van der Waals surface area contributed by atoms with E-state index in [9.17, 15) is 0 Å². The Morgan fingerprint density at radius 2 is 2.00 bits per heavy atom. The van der Waals surface area contributed by atoms with Gasteiger partial charge in [0.1, 0.15) is 5.69 Å². The van der Waals surface area contributed by atoms with E-state index in [1.165, 1.54) is 0 Å². The molecule has 1 aromatic carbocycles. The SMILES string of the molecule is CCC(CC)c1c(CN)nnn1-c1ccc2c(c1)OCO2. The van der Waals surface area contributed by atoms with E-state index in [1.54, 1.807) is 0 Å². The van der Waals surface area contributed by atoms with Crippen LogP contribution in [-0.2, 0) is 6.54 Å². The van der Waals surface area contributed by atoms with Crippen molar-refractivity contribution >= 4 is 0 Å². The molecule has 0 radical (unpaired) electrons. The monoisotopic (exact) mass is 288 g/mol. The average molecular weight is 288 g/mol. The van der Waals surface area contributed by atoms with Crippen molar-refractivity contribution in [1.29, 1.82) is 0 Å². The van der Waals surface area contributed by atoms with Crippen LogP contribution in [-0.4, -0.2) is 21.8 Å². The van der Waals surface area contributed by atoms with Crippen LogP contribution >= 0.6 is 0 Å². The van der Waals surface area contributed by atoms with Crippen LogP contribution in [0.4, 0.5) is 0 Å². The minimum Gasteiger partial charge on any atom is -0.454 e. The summed E-state index contributed by atoms with van der Waals surface area (Å²) in [5.74, 6) is 1.90. The molecule has 0 unspecified atom stereocenters. The van der Waals surface area contributed by atoms with Crippen LogP contribution in [0.25, 0.3) is 5.69 Å². The van der Waals surface area contributed by atoms with Crippen LogP contribution in [0.5, 0.6) is 11.5 Å². The quantitative estimate of drug-likeness (QED) is 0.914. The van der Waals surface area contributed by atoms with Crippen molar-refractivity contribution in [2.24, 2.45) is 5.73 Å². The van der Waals surface area contributed by atoms with Crippen molar-refractivity contribution in [3.63, 3.8) is 0 Å². The maximum absolute atomic E-state index is 5.82. The molecular formula is C15H20N4O2. The van der Waals surface area contributed by atoms with E-state index in [4.69, 9.17) is 15.2 Å². The normalized spacial score (nSPS) is 13.1. The number of nitrogens with two attached hydrogens (primary N) is 1. The molecule has 1 aromatic heterocycles. The van der Waals surface area contributed by atoms with E-state index in [0.29, 0.717) is 12.5 Å². The number of nitrogens with zero attached hydrogens (tertiary/aromatic N) is 3. The fraction of sp³-hybridized carbons (Fsp3) is 0.467. The van der Waals surface area contributed by atoms with E-state index in [-0.39, 0.29) is 6.79 Å². The number of hydrogen-bond donors (Lipinski definition) is 1. The molecular weight excluding hydrogens is 268 g/mol. The third-order valence-electron chi connectivity index (χ3n) is 3.95. The maximum Gasteiger partial charge on any atom is 0.231 e. The molecule has 0 atom stereocenters. The lowest BCUT2D eigenvalue weighted by molar-refractivity contribution is 0.174. The summed E-state index contributed by atoms with van der Waals surface area (Å²) in [6.45, 7) is 5.01. The smallest absolute Gasteiger partial charge is 0.231 e. The maximum atomic E-state index is 5.82. The van der Waals surface area contributed by atoms with Crippen molar-refractivity contribution in [2.45, 2.75) is 39.2 Å². The van der Waals surface area contributed by atoms with E-state index in [1.807, 2.05) is 22.9 Å². The van der Waals surface area contributed by atoms with Crippen molar-refractivity contribution in [3.05, 3.63) is 29.6 Å². The number of rotatable bonds is 5. The Hall–Kier alpha value is -2.08. The summed E-state index contributed by atoms with van der Waals surface area (Å²) >= 11 is 0. The molecule has 2 aromatic rings. The van der Waals surface area contributed by atoms with Crippen LogP contribution in [0.15, 0.2) is 18.2 Å². The summed E-state index contributed by atoms with van der Waals surface area (Å²) in [5.41, 5.74) is 8.70. The van der Waals surface area contributed by atoms with E-state index >= 15 is 0 Å². The van der Waals surface area contributed by atoms with Gasteiger partial charge in [0.15, 0.2) is 11.5 Å². The van der Waals surface area contributed by atoms with Crippen molar-refractivity contribution in [2.75, 3.05) is 6.79 Å². The zero-order chi connectivity index (χ0) is 14.8. The first kappa shape index (κ1) is 13.9. The second kappa shape index (κ2) is 5.73. The molecule has 0 aliphatic carbocycles. The third-order valence-corrected chi connectivity index (χ3v) is 3.95. The average Bonchev–Trinajstić information content (AvgIpc) is 3.14. The van der Waals surface area contributed by atoms with Gasteiger partial charge in [0.25, 0.3) is 0 Å². The van der Waals surface area contributed by atoms with Crippen LogP contribution < -0.4 is 15.2 Å². The first-order valence-corrected chi connectivity index (χ1v) is 7.33. The Morgan fingerprint density at radius 1 is 1.24 bits per heavy atom. The zero-order valence-electron chi connectivity index (χ0n) is 12.4. The summed E-state index contributed by atoms with van der Waals surface area (Å²) in [5, 5.41) is 8.53. The molecule has 1 aliphatic rings. The molecule has 2 heterocycles. The Balaban J connectivity index is 2.08. The van der Waals surface area contributed by atoms with E-state index in [0.717, 1.165) is 41.4 Å². The summed E-state index contributed by atoms with van der Waals surface area (Å²) < 4.78 is 12.7. The first-order valence-electron chi connectivity index (χ1n) is 7.33. The van der Waals surface area contributed by atoms with Gasteiger partial charge in [0.05, 0.1) is 11.4 Å². The van der Waals surface area contributed by atoms with Gasteiger partial charge in [-0.25, -0.2) is 4.68 Å². The lowest BCUT2D eigenvalue weighted by Crippen LogP contribution is -2.10. The molecule has 6 nitrogen and oxygen atoms in total. The summed E-state index contributed by atoms with van der Waals surface area (Å²) in [4.78, 5) is 0. The van der Waals surface area contributed by atoms with Crippen LogP contribution in [0.2, 0.25) is 0 Å². The molecule has 3 rings (SSSR count). The summed E-state index contributed by atoms with van der Waals surface area (Å²) in [6.07, 6.45) is 2.06. The van der Waals surface area contributed by atoms with Crippen molar-refractivity contribution in [1.82, 2.24) is 15.0 Å². The summed E-state index contributed by atoms with van der Waals surface area (Å²) in [7, 11) is 0. The number of aromatic nitrogens is 3. The highest BCUT2D eigenvalue weighted by Crippen LogP contribution is 2.35. The first-order chi connectivity index (χ1) is 10.3. The summed E-state index contributed by atoms with van der Waals surface area (Å²) in [6, 6.07) is 5.80. The predicted molar refractivity (Wildman–Crippen MR) is 78.7 cm³/mol. The molecule has 0 fully saturated rings. The lowest BCUT2D eigenvalue weighted by Gasteiger charge is -2.16. The largest absolute Gasteiger partial charge is 0.454 e. The number of benzene rings is 1. The van der Waals surface area contributed by atoms with Crippen molar-refractivity contribution < 1.29 is 9.47 Å². The fourth-order valence-electron chi connectivity index (χ4n) is 2.76. The van der Waals surface area contributed by atoms with Crippen LogP contribution in [0.1, 0.15) is 44.0 Å². The molecule has 2 N–H and O–H groups in total. The van der Waals surface area contributed by atoms with Gasteiger partial charge in [-0.2, -0.15) is 0 Å². The highest BCUT2D eigenvalue weighted by molar-refractivity contribution is 5.50. The molecule has 0 bridgehead atoms. The second-order valence-electron chi connectivity index (χ2n) is 5.09. The highest BCUT2D eigenvalue weighted by Gasteiger charge is 2.22. The van der Waals surface area contributed by atoms with Gasteiger partial charge < -0.3 is 15.2 Å². The topological polar surface area (TPSA) is 75.2 Å². The molecule has 0 saturated heterocycles.